The van der Waals surface area contributed by atoms with Crippen LogP contribution in [0.1, 0.15) is 44.2 Å². The summed E-state index contributed by atoms with van der Waals surface area (Å²) >= 11 is 6.20. The van der Waals surface area contributed by atoms with Crippen LogP contribution in [0.15, 0.2) is 18.2 Å². The van der Waals surface area contributed by atoms with Gasteiger partial charge in [-0.2, -0.15) is 0 Å². The quantitative estimate of drug-likeness (QED) is 0.774. The fourth-order valence-corrected chi connectivity index (χ4v) is 3.15. The summed E-state index contributed by atoms with van der Waals surface area (Å²) < 4.78 is 13.7. The summed E-state index contributed by atoms with van der Waals surface area (Å²) in [7, 11) is 0. The van der Waals surface area contributed by atoms with Gasteiger partial charge in [-0.15, -0.1) is 12.4 Å². The number of piperazine rings is 1. The molecular weight excluding hydrogens is 310 g/mol. The molecule has 0 bridgehead atoms. The van der Waals surface area contributed by atoms with Crippen LogP contribution in [0.25, 0.3) is 0 Å². The molecule has 0 aliphatic carbocycles. The highest BCUT2D eigenvalue weighted by atomic mass is 35.5. The van der Waals surface area contributed by atoms with Crippen molar-refractivity contribution in [3.63, 3.8) is 0 Å². The number of unbranched alkanes of at least 4 members (excludes halogenated alkanes) is 2. The molecule has 1 fully saturated rings. The Bertz CT molecular complexity index is 423. The van der Waals surface area contributed by atoms with E-state index in [0.29, 0.717) is 5.02 Å². The number of nitrogens with zero attached hydrogens (tertiary/aromatic N) is 1. The number of halogens is 3. The monoisotopic (exact) mass is 334 g/mol. The Morgan fingerprint density at radius 3 is 2.67 bits per heavy atom. The molecule has 5 heteroatoms. The minimum absolute atomic E-state index is 0. The molecule has 0 unspecified atom stereocenters. The lowest BCUT2D eigenvalue weighted by Crippen LogP contribution is -2.45. The Morgan fingerprint density at radius 1 is 1.29 bits per heavy atom. The van der Waals surface area contributed by atoms with Crippen molar-refractivity contribution in [1.82, 2.24) is 10.2 Å². The van der Waals surface area contributed by atoms with Gasteiger partial charge < -0.3 is 5.32 Å². The van der Waals surface area contributed by atoms with Crippen LogP contribution in [0, 0.1) is 5.82 Å². The Balaban J connectivity index is 0.00000220. The molecule has 1 saturated heterocycles. The molecule has 0 spiro atoms. The van der Waals surface area contributed by atoms with E-state index in [9.17, 15) is 4.39 Å². The predicted molar refractivity (Wildman–Crippen MR) is 90.0 cm³/mol. The Kier molecular flexibility index (Phi) is 8.57. The van der Waals surface area contributed by atoms with Crippen molar-refractivity contribution >= 4 is 24.0 Å². The standard InChI is InChI=1S/C16H24ClFN2.ClH/c1-2-3-4-8-15(20-11-9-19-10-12-20)13-6-5-7-14(18)16(13)17;/h5-7,15,19H,2-4,8-12H2,1H3;1H/t15-;/m0./s1. The van der Waals surface area contributed by atoms with Gasteiger partial charge in [-0.05, 0) is 18.1 Å². The molecule has 0 aromatic heterocycles. The van der Waals surface area contributed by atoms with Gasteiger partial charge >= 0.3 is 0 Å². The molecule has 1 aliphatic heterocycles. The molecule has 1 aromatic carbocycles. The Labute approximate surface area is 138 Å². The smallest absolute Gasteiger partial charge is 0.142 e. The summed E-state index contributed by atoms with van der Waals surface area (Å²) in [5.41, 5.74) is 0.949. The average Bonchev–Trinajstić information content (AvgIpc) is 2.48. The lowest BCUT2D eigenvalue weighted by molar-refractivity contribution is 0.162. The molecule has 0 amide bonds. The van der Waals surface area contributed by atoms with E-state index >= 15 is 0 Å². The van der Waals surface area contributed by atoms with E-state index in [1.165, 1.54) is 18.9 Å². The van der Waals surface area contributed by atoms with E-state index in [4.69, 9.17) is 11.6 Å². The fourth-order valence-electron chi connectivity index (χ4n) is 2.89. The molecule has 2 nitrogen and oxygen atoms in total. The molecule has 1 aromatic rings. The number of rotatable bonds is 6. The van der Waals surface area contributed by atoms with Gasteiger partial charge in [0.15, 0.2) is 0 Å². The third-order valence-electron chi connectivity index (χ3n) is 4.01. The third-order valence-corrected chi connectivity index (χ3v) is 4.41. The third kappa shape index (κ3) is 5.10. The molecule has 0 radical (unpaired) electrons. The number of benzene rings is 1. The van der Waals surface area contributed by atoms with Gasteiger partial charge in [-0.3, -0.25) is 4.90 Å². The van der Waals surface area contributed by atoms with Crippen molar-refractivity contribution in [2.24, 2.45) is 0 Å². The van der Waals surface area contributed by atoms with E-state index in [1.807, 2.05) is 6.07 Å². The van der Waals surface area contributed by atoms with Gasteiger partial charge in [-0.1, -0.05) is 49.9 Å². The van der Waals surface area contributed by atoms with Gasteiger partial charge in [0.1, 0.15) is 5.82 Å². The van der Waals surface area contributed by atoms with Crippen LogP contribution in [0.3, 0.4) is 0 Å². The lowest BCUT2D eigenvalue weighted by Gasteiger charge is -2.35. The van der Waals surface area contributed by atoms with Gasteiger partial charge in [-0.25, -0.2) is 4.39 Å². The number of hydrogen-bond donors (Lipinski definition) is 1. The van der Waals surface area contributed by atoms with Crippen LogP contribution in [-0.4, -0.2) is 31.1 Å². The van der Waals surface area contributed by atoms with E-state index in [-0.39, 0.29) is 24.3 Å². The molecule has 1 N–H and O–H groups in total. The molecule has 1 heterocycles. The van der Waals surface area contributed by atoms with E-state index in [1.54, 1.807) is 6.07 Å². The van der Waals surface area contributed by atoms with Crippen molar-refractivity contribution in [2.75, 3.05) is 26.2 Å². The summed E-state index contributed by atoms with van der Waals surface area (Å²) in [6.45, 7) is 6.21. The zero-order chi connectivity index (χ0) is 14.4. The van der Waals surface area contributed by atoms with Gasteiger partial charge in [0, 0.05) is 32.2 Å². The molecule has 1 aliphatic rings. The zero-order valence-corrected chi connectivity index (χ0v) is 14.2. The molecule has 1 atom stereocenters. The summed E-state index contributed by atoms with van der Waals surface area (Å²) in [6.07, 6.45) is 4.63. The average molecular weight is 335 g/mol. The minimum Gasteiger partial charge on any atom is -0.314 e. The van der Waals surface area contributed by atoms with E-state index in [0.717, 1.165) is 44.6 Å². The highest BCUT2D eigenvalue weighted by molar-refractivity contribution is 6.31. The first kappa shape index (κ1) is 18.7. The molecule has 2 rings (SSSR count). The normalized spacial score (nSPS) is 17.3. The molecule has 120 valence electrons. The van der Waals surface area contributed by atoms with E-state index < -0.39 is 0 Å². The molecule has 21 heavy (non-hydrogen) atoms. The second-order valence-electron chi connectivity index (χ2n) is 5.44. The summed E-state index contributed by atoms with van der Waals surface area (Å²) in [6, 6.07) is 5.43. The summed E-state index contributed by atoms with van der Waals surface area (Å²) in [4.78, 5) is 2.44. The van der Waals surface area contributed by atoms with Gasteiger partial charge in [0.2, 0.25) is 0 Å². The number of hydrogen-bond acceptors (Lipinski definition) is 2. The first-order chi connectivity index (χ1) is 9.74. The first-order valence-electron chi connectivity index (χ1n) is 7.62. The van der Waals surface area contributed by atoms with Gasteiger partial charge in [0.05, 0.1) is 5.02 Å². The second-order valence-corrected chi connectivity index (χ2v) is 5.82. The van der Waals surface area contributed by atoms with Crippen molar-refractivity contribution < 1.29 is 4.39 Å². The summed E-state index contributed by atoms with van der Waals surface area (Å²) in [5, 5.41) is 3.66. The molecular formula is C16H25Cl2FN2. The van der Waals surface area contributed by atoms with Crippen LogP contribution in [0.2, 0.25) is 5.02 Å². The minimum atomic E-state index is -0.306. The fraction of sp³-hybridized carbons (Fsp3) is 0.625. The SMILES string of the molecule is CCCCC[C@@H](c1cccc(F)c1Cl)N1CCNCC1.Cl. The van der Waals surface area contributed by atoms with Crippen LogP contribution in [0.5, 0.6) is 0 Å². The van der Waals surface area contributed by atoms with E-state index in [2.05, 4.69) is 17.1 Å². The zero-order valence-electron chi connectivity index (χ0n) is 12.6. The Hall–Kier alpha value is -0.350. The van der Waals surface area contributed by atoms with Crippen LogP contribution < -0.4 is 5.32 Å². The largest absolute Gasteiger partial charge is 0.314 e. The second kappa shape index (κ2) is 9.62. The van der Waals surface area contributed by atoms with Crippen LogP contribution >= 0.6 is 24.0 Å². The predicted octanol–water partition coefficient (Wildman–Crippen LogP) is 4.43. The lowest BCUT2D eigenvalue weighted by atomic mass is 9.98. The van der Waals surface area contributed by atoms with Crippen molar-refractivity contribution in [3.8, 4) is 0 Å². The first-order valence-corrected chi connectivity index (χ1v) is 8.00. The molecule has 0 saturated carbocycles. The van der Waals surface area contributed by atoms with Crippen molar-refractivity contribution in [2.45, 2.75) is 38.6 Å². The highest BCUT2D eigenvalue weighted by Gasteiger charge is 2.24. The van der Waals surface area contributed by atoms with Crippen molar-refractivity contribution in [1.29, 1.82) is 0 Å². The highest BCUT2D eigenvalue weighted by Crippen LogP contribution is 2.33. The maximum Gasteiger partial charge on any atom is 0.142 e. The number of nitrogens with one attached hydrogen (secondary N) is 1. The van der Waals surface area contributed by atoms with Crippen LogP contribution in [-0.2, 0) is 0 Å². The van der Waals surface area contributed by atoms with Crippen molar-refractivity contribution in [3.05, 3.63) is 34.6 Å². The Morgan fingerprint density at radius 2 is 2.00 bits per heavy atom. The van der Waals surface area contributed by atoms with Crippen LogP contribution in [0.4, 0.5) is 4.39 Å². The summed E-state index contributed by atoms with van der Waals surface area (Å²) in [5.74, 6) is -0.306. The maximum atomic E-state index is 13.7. The topological polar surface area (TPSA) is 15.3 Å². The van der Waals surface area contributed by atoms with Gasteiger partial charge in [0.25, 0.3) is 0 Å². The maximum absolute atomic E-state index is 13.7.